The Morgan fingerprint density at radius 2 is 1.90 bits per heavy atom. The Bertz CT molecular complexity index is 661. The molecule has 21 heavy (non-hydrogen) atoms. The molecule has 0 radical (unpaired) electrons. The van der Waals surface area contributed by atoms with Crippen molar-refractivity contribution in [3.63, 3.8) is 0 Å². The minimum absolute atomic E-state index is 0.328. The van der Waals surface area contributed by atoms with Crippen molar-refractivity contribution in [1.29, 1.82) is 0 Å². The van der Waals surface area contributed by atoms with Crippen LogP contribution >= 0.6 is 0 Å². The number of hydrogen-bond donors (Lipinski definition) is 0. The Morgan fingerprint density at radius 3 is 2.62 bits per heavy atom. The van der Waals surface area contributed by atoms with Gasteiger partial charge in [-0.1, -0.05) is 36.4 Å². The van der Waals surface area contributed by atoms with E-state index in [9.17, 15) is 14.5 Å². The number of rotatable bonds is 3. The van der Waals surface area contributed by atoms with Crippen LogP contribution in [-0.2, 0) is 0 Å². The monoisotopic (exact) mass is 286 g/mol. The van der Waals surface area contributed by atoms with Gasteiger partial charge in [0.2, 0.25) is 5.82 Å². The largest absolute Gasteiger partial charge is 0.365 e. The van der Waals surface area contributed by atoms with Crippen molar-refractivity contribution in [1.82, 2.24) is 0 Å². The van der Waals surface area contributed by atoms with Gasteiger partial charge in [-0.15, -0.1) is 0 Å². The molecular weight excluding hydrogens is 271 g/mol. The van der Waals surface area contributed by atoms with Crippen LogP contribution in [0.5, 0.6) is 0 Å². The van der Waals surface area contributed by atoms with Crippen molar-refractivity contribution in [2.45, 2.75) is 12.3 Å². The summed E-state index contributed by atoms with van der Waals surface area (Å²) in [6, 6.07) is 14.3. The lowest BCUT2D eigenvalue weighted by Gasteiger charge is -2.18. The van der Waals surface area contributed by atoms with Crippen LogP contribution in [0.25, 0.3) is 0 Å². The molecule has 3 rings (SSSR count). The number of benzene rings is 2. The third kappa shape index (κ3) is 2.59. The van der Waals surface area contributed by atoms with Gasteiger partial charge in [-0.3, -0.25) is 10.1 Å². The maximum atomic E-state index is 13.7. The quantitative estimate of drug-likeness (QED) is 0.638. The molecule has 0 spiro atoms. The summed E-state index contributed by atoms with van der Waals surface area (Å²) in [6.07, 6.45) is 0.914. The average Bonchev–Trinajstić information content (AvgIpc) is 2.97. The Labute approximate surface area is 122 Å². The molecule has 4 nitrogen and oxygen atoms in total. The first-order valence-electron chi connectivity index (χ1n) is 6.89. The molecule has 0 saturated carbocycles. The Kier molecular flexibility index (Phi) is 3.56. The minimum Gasteiger partial charge on any atom is -0.365 e. The second-order valence-corrected chi connectivity index (χ2v) is 5.21. The van der Waals surface area contributed by atoms with Gasteiger partial charge in [-0.25, -0.2) is 0 Å². The van der Waals surface area contributed by atoms with Crippen molar-refractivity contribution in [3.8, 4) is 0 Å². The van der Waals surface area contributed by atoms with Gasteiger partial charge in [0.1, 0.15) is 5.69 Å². The summed E-state index contributed by atoms with van der Waals surface area (Å²) in [5, 5.41) is 11.1. The third-order valence-electron chi connectivity index (χ3n) is 3.95. The number of para-hydroxylation sites is 1. The summed E-state index contributed by atoms with van der Waals surface area (Å²) in [4.78, 5) is 12.4. The average molecular weight is 286 g/mol. The van der Waals surface area contributed by atoms with E-state index in [1.807, 2.05) is 23.1 Å². The van der Waals surface area contributed by atoms with Crippen molar-refractivity contribution >= 4 is 11.4 Å². The van der Waals surface area contributed by atoms with Crippen LogP contribution in [-0.4, -0.2) is 18.0 Å². The Morgan fingerprint density at radius 1 is 1.14 bits per heavy atom. The van der Waals surface area contributed by atoms with E-state index in [4.69, 9.17) is 0 Å². The molecule has 1 atom stereocenters. The molecular formula is C16H15FN2O2. The molecule has 1 aliphatic heterocycles. The summed E-state index contributed by atoms with van der Waals surface area (Å²) in [6.45, 7) is 1.37. The van der Waals surface area contributed by atoms with E-state index in [2.05, 4.69) is 12.1 Å². The molecule has 108 valence electrons. The SMILES string of the molecule is O=[N+]([O-])c1c(F)cccc1N1CCC(c2ccccc2)C1. The van der Waals surface area contributed by atoms with Gasteiger partial charge in [0.25, 0.3) is 0 Å². The zero-order chi connectivity index (χ0) is 14.8. The maximum Gasteiger partial charge on any atom is 0.327 e. The first kappa shape index (κ1) is 13.5. The molecule has 1 saturated heterocycles. The molecule has 1 aliphatic rings. The highest BCUT2D eigenvalue weighted by atomic mass is 19.1. The highest BCUT2D eigenvalue weighted by Gasteiger charge is 2.30. The molecule has 0 N–H and O–H groups in total. The van der Waals surface area contributed by atoms with Gasteiger partial charge in [0.05, 0.1) is 4.92 Å². The highest BCUT2D eigenvalue weighted by molar-refractivity contribution is 5.64. The fourth-order valence-electron chi connectivity index (χ4n) is 2.92. The molecule has 1 unspecified atom stereocenters. The van der Waals surface area contributed by atoms with Crippen LogP contribution in [0.15, 0.2) is 48.5 Å². The number of nitrogens with zero attached hydrogens (tertiary/aromatic N) is 2. The number of hydrogen-bond acceptors (Lipinski definition) is 3. The van der Waals surface area contributed by atoms with Gasteiger partial charge in [-0.2, -0.15) is 4.39 Å². The van der Waals surface area contributed by atoms with E-state index in [-0.39, 0.29) is 0 Å². The molecule has 5 heteroatoms. The number of nitro benzene ring substituents is 1. The topological polar surface area (TPSA) is 46.4 Å². The summed E-state index contributed by atoms with van der Waals surface area (Å²) in [7, 11) is 0. The van der Waals surface area contributed by atoms with E-state index >= 15 is 0 Å². The van der Waals surface area contributed by atoms with E-state index < -0.39 is 16.4 Å². The molecule has 0 aromatic heterocycles. The van der Waals surface area contributed by atoms with Gasteiger partial charge >= 0.3 is 5.69 Å². The number of anilines is 1. The summed E-state index contributed by atoms with van der Waals surface area (Å²) >= 11 is 0. The lowest BCUT2D eigenvalue weighted by atomic mass is 9.99. The molecule has 0 aliphatic carbocycles. The highest BCUT2D eigenvalue weighted by Crippen LogP contribution is 2.36. The number of nitro groups is 1. The second kappa shape index (κ2) is 5.52. The second-order valence-electron chi connectivity index (χ2n) is 5.21. The van der Waals surface area contributed by atoms with Crippen molar-refractivity contribution in [3.05, 3.63) is 70.0 Å². The molecule has 0 bridgehead atoms. The molecule has 2 aromatic carbocycles. The lowest BCUT2D eigenvalue weighted by Crippen LogP contribution is -2.20. The molecule has 0 amide bonds. The molecule has 1 fully saturated rings. The van der Waals surface area contributed by atoms with E-state index in [0.29, 0.717) is 24.7 Å². The van der Waals surface area contributed by atoms with Crippen LogP contribution in [0.3, 0.4) is 0 Å². The molecule has 2 aromatic rings. The fourth-order valence-corrected chi connectivity index (χ4v) is 2.92. The standard InChI is InChI=1S/C16H15FN2O2/c17-14-7-4-8-15(16(14)19(20)21)18-10-9-13(11-18)12-5-2-1-3-6-12/h1-8,13H,9-11H2. The van der Waals surface area contributed by atoms with Crippen LogP contribution in [0.1, 0.15) is 17.9 Å². The van der Waals surface area contributed by atoms with Crippen LogP contribution < -0.4 is 4.90 Å². The predicted molar refractivity (Wildman–Crippen MR) is 79.1 cm³/mol. The summed E-state index contributed by atoms with van der Waals surface area (Å²) < 4.78 is 13.7. The summed E-state index contributed by atoms with van der Waals surface area (Å²) in [5.41, 5.74) is 1.17. The first-order chi connectivity index (χ1) is 10.2. The maximum absolute atomic E-state index is 13.7. The predicted octanol–water partition coefficient (Wildman–Crippen LogP) is 3.73. The van der Waals surface area contributed by atoms with Gasteiger partial charge in [-0.05, 0) is 24.1 Å². The number of halogens is 1. The van der Waals surface area contributed by atoms with Gasteiger partial charge in [0.15, 0.2) is 0 Å². The van der Waals surface area contributed by atoms with Gasteiger partial charge < -0.3 is 4.90 Å². The van der Waals surface area contributed by atoms with Crippen LogP contribution in [0, 0.1) is 15.9 Å². The fraction of sp³-hybridized carbons (Fsp3) is 0.250. The van der Waals surface area contributed by atoms with E-state index in [0.717, 1.165) is 12.5 Å². The lowest BCUT2D eigenvalue weighted by molar-refractivity contribution is -0.386. The van der Waals surface area contributed by atoms with Gasteiger partial charge in [0, 0.05) is 19.0 Å². The van der Waals surface area contributed by atoms with Crippen molar-refractivity contribution in [2.24, 2.45) is 0 Å². The zero-order valence-corrected chi connectivity index (χ0v) is 11.4. The normalized spacial score (nSPS) is 18.0. The third-order valence-corrected chi connectivity index (χ3v) is 3.95. The zero-order valence-electron chi connectivity index (χ0n) is 11.4. The Hall–Kier alpha value is -2.43. The Balaban J connectivity index is 1.87. The first-order valence-corrected chi connectivity index (χ1v) is 6.89. The minimum atomic E-state index is -0.777. The molecule has 1 heterocycles. The van der Waals surface area contributed by atoms with E-state index in [1.165, 1.54) is 11.6 Å². The smallest absolute Gasteiger partial charge is 0.327 e. The van der Waals surface area contributed by atoms with Crippen LogP contribution in [0.4, 0.5) is 15.8 Å². The van der Waals surface area contributed by atoms with Crippen molar-refractivity contribution in [2.75, 3.05) is 18.0 Å². The van der Waals surface area contributed by atoms with Crippen molar-refractivity contribution < 1.29 is 9.31 Å². The summed E-state index contributed by atoms with van der Waals surface area (Å²) in [5.74, 6) is -0.449. The van der Waals surface area contributed by atoms with E-state index in [1.54, 1.807) is 6.07 Å². The van der Waals surface area contributed by atoms with Crippen LogP contribution in [0.2, 0.25) is 0 Å².